The zero-order valence-electron chi connectivity index (χ0n) is 9.17. The van der Waals surface area contributed by atoms with E-state index in [2.05, 4.69) is 15.9 Å². The van der Waals surface area contributed by atoms with Crippen LogP contribution in [0.5, 0.6) is 5.75 Å². The summed E-state index contributed by atoms with van der Waals surface area (Å²) in [4.78, 5) is 10.5. The second-order valence-corrected chi connectivity index (χ2v) is 4.52. The number of halogens is 1. The first-order chi connectivity index (χ1) is 8.28. The molecule has 17 heavy (non-hydrogen) atoms. The maximum Gasteiger partial charge on any atom is 0.151 e. The fourth-order valence-electron chi connectivity index (χ4n) is 1.47. The molecule has 1 heterocycles. The molecule has 0 aliphatic heterocycles. The molecule has 0 spiro atoms. The minimum atomic E-state index is 0.578. The number of aldehydes is 1. The lowest BCUT2D eigenvalue weighted by atomic mass is 10.3. The Morgan fingerprint density at radius 1 is 1.24 bits per heavy atom. The van der Waals surface area contributed by atoms with E-state index in [4.69, 9.17) is 4.74 Å². The van der Waals surface area contributed by atoms with Crippen LogP contribution in [0.25, 0.3) is 0 Å². The summed E-state index contributed by atoms with van der Waals surface area (Å²) in [6.45, 7) is 1.30. The Hall–Kier alpha value is -1.55. The molecule has 2 aromatic rings. The van der Waals surface area contributed by atoms with Gasteiger partial charge in [-0.25, -0.2) is 0 Å². The van der Waals surface area contributed by atoms with Crippen LogP contribution >= 0.6 is 15.9 Å². The van der Waals surface area contributed by atoms with Crippen LogP contribution in [0.4, 0.5) is 0 Å². The van der Waals surface area contributed by atoms with Gasteiger partial charge >= 0.3 is 0 Å². The molecule has 88 valence electrons. The highest BCUT2D eigenvalue weighted by atomic mass is 79.9. The fourth-order valence-corrected chi connectivity index (χ4v) is 1.73. The van der Waals surface area contributed by atoms with Crippen molar-refractivity contribution < 1.29 is 9.53 Å². The van der Waals surface area contributed by atoms with Crippen LogP contribution in [0.3, 0.4) is 0 Å². The Labute approximate surface area is 108 Å². The van der Waals surface area contributed by atoms with Gasteiger partial charge in [-0.1, -0.05) is 15.9 Å². The largest absolute Gasteiger partial charge is 0.492 e. The first kappa shape index (κ1) is 11.9. The summed E-state index contributed by atoms with van der Waals surface area (Å²) in [7, 11) is 0. The molecule has 0 saturated carbocycles. The summed E-state index contributed by atoms with van der Waals surface area (Å²) in [6.07, 6.45) is 4.51. The van der Waals surface area contributed by atoms with Crippen molar-refractivity contribution in [2.45, 2.75) is 6.54 Å². The molecule has 0 atom stereocenters. The van der Waals surface area contributed by atoms with Crippen molar-refractivity contribution in [1.29, 1.82) is 0 Å². The number of nitrogens with zero attached hydrogens (tertiary/aromatic N) is 1. The predicted octanol–water partition coefficient (Wildman–Crippen LogP) is 3.14. The highest BCUT2D eigenvalue weighted by Gasteiger charge is 1.96. The van der Waals surface area contributed by atoms with E-state index in [9.17, 15) is 4.79 Å². The first-order valence-electron chi connectivity index (χ1n) is 5.27. The molecule has 0 saturated heterocycles. The van der Waals surface area contributed by atoms with E-state index < -0.39 is 0 Å². The van der Waals surface area contributed by atoms with Crippen molar-refractivity contribution in [3.63, 3.8) is 0 Å². The first-order valence-corrected chi connectivity index (χ1v) is 6.06. The van der Waals surface area contributed by atoms with Gasteiger partial charge in [0, 0.05) is 22.4 Å². The second-order valence-electron chi connectivity index (χ2n) is 3.60. The minimum absolute atomic E-state index is 0.578. The summed E-state index contributed by atoms with van der Waals surface area (Å²) in [5.41, 5.74) is 0.689. The average molecular weight is 294 g/mol. The van der Waals surface area contributed by atoms with Crippen LogP contribution in [0.1, 0.15) is 10.4 Å². The van der Waals surface area contributed by atoms with Gasteiger partial charge in [0.05, 0.1) is 6.54 Å². The van der Waals surface area contributed by atoms with Crippen molar-refractivity contribution in [2.24, 2.45) is 0 Å². The van der Waals surface area contributed by atoms with Crippen molar-refractivity contribution in [3.8, 4) is 5.75 Å². The van der Waals surface area contributed by atoms with Gasteiger partial charge in [0.25, 0.3) is 0 Å². The quantitative estimate of drug-likeness (QED) is 0.793. The van der Waals surface area contributed by atoms with Crippen molar-refractivity contribution in [3.05, 3.63) is 52.8 Å². The molecule has 0 bridgehead atoms. The number of ether oxygens (including phenoxy) is 1. The lowest BCUT2D eigenvalue weighted by Gasteiger charge is -2.06. The zero-order valence-corrected chi connectivity index (χ0v) is 10.8. The van der Waals surface area contributed by atoms with E-state index in [1.54, 1.807) is 12.3 Å². The number of benzene rings is 1. The molecule has 1 aromatic carbocycles. The summed E-state index contributed by atoms with van der Waals surface area (Å²) in [6, 6.07) is 9.49. The Kier molecular flexibility index (Phi) is 3.98. The predicted molar refractivity (Wildman–Crippen MR) is 69.5 cm³/mol. The third kappa shape index (κ3) is 3.46. The monoisotopic (exact) mass is 293 g/mol. The normalized spacial score (nSPS) is 10.2. The lowest BCUT2D eigenvalue weighted by Crippen LogP contribution is -2.06. The third-order valence-electron chi connectivity index (χ3n) is 2.34. The number of carbonyl (C=O) groups excluding carboxylic acids is 1. The van der Waals surface area contributed by atoms with Crippen LogP contribution in [0, 0.1) is 0 Å². The highest BCUT2D eigenvalue weighted by Crippen LogP contribution is 2.16. The van der Waals surface area contributed by atoms with Crippen LogP contribution in [-0.4, -0.2) is 17.5 Å². The van der Waals surface area contributed by atoms with Crippen molar-refractivity contribution >= 4 is 22.2 Å². The van der Waals surface area contributed by atoms with Gasteiger partial charge in [-0.3, -0.25) is 4.79 Å². The zero-order chi connectivity index (χ0) is 12.1. The maximum absolute atomic E-state index is 10.5. The molecule has 0 amide bonds. The second kappa shape index (κ2) is 5.68. The number of rotatable bonds is 5. The van der Waals surface area contributed by atoms with Gasteiger partial charge in [0.1, 0.15) is 12.4 Å². The fraction of sp³-hybridized carbons (Fsp3) is 0.154. The third-order valence-corrected chi connectivity index (χ3v) is 2.87. The van der Waals surface area contributed by atoms with E-state index in [0.29, 0.717) is 12.2 Å². The highest BCUT2D eigenvalue weighted by molar-refractivity contribution is 9.10. The van der Waals surface area contributed by atoms with Crippen LogP contribution in [0.2, 0.25) is 0 Å². The van der Waals surface area contributed by atoms with Crippen molar-refractivity contribution in [1.82, 2.24) is 4.57 Å². The van der Waals surface area contributed by atoms with E-state index >= 15 is 0 Å². The van der Waals surface area contributed by atoms with Crippen LogP contribution in [0.15, 0.2) is 47.2 Å². The molecule has 3 nitrogen and oxygen atoms in total. The summed E-state index contributed by atoms with van der Waals surface area (Å²) < 4.78 is 8.54. The molecule has 0 fully saturated rings. The van der Waals surface area contributed by atoms with Gasteiger partial charge in [0.15, 0.2) is 6.29 Å². The number of hydrogen-bond donors (Lipinski definition) is 0. The average Bonchev–Trinajstić information content (AvgIpc) is 2.80. The molecule has 0 radical (unpaired) electrons. The summed E-state index contributed by atoms with van der Waals surface area (Å²) in [5, 5.41) is 0. The molecule has 4 heteroatoms. The molecule has 0 unspecified atom stereocenters. The molecule has 2 rings (SSSR count). The lowest BCUT2D eigenvalue weighted by molar-refractivity contribution is 0.112. The smallest absolute Gasteiger partial charge is 0.151 e. The standard InChI is InChI=1S/C13H12BrNO2/c14-12-1-3-13(4-2-12)17-8-7-15-6-5-11(9-15)10-16/h1-6,9-10H,7-8H2. The topological polar surface area (TPSA) is 31.2 Å². The van der Waals surface area contributed by atoms with Gasteiger partial charge in [-0.2, -0.15) is 0 Å². The van der Waals surface area contributed by atoms with Crippen molar-refractivity contribution in [2.75, 3.05) is 6.61 Å². The van der Waals surface area contributed by atoms with E-state index in [1.165, 1.54) is 0 Å². The van der Waals surface area contributed by atoms with Crippen LogP contribution < -0.4 is 4.74 Å². The van der Waals surface area contributed by atoms with E-state index in [1.807, 2.05) is 35.0 Å². The van der Waals surface area contributed by atoms with Gasteiger partial charge in [-0.05, 0) is 30.3 Å². The molecule has 0 aliphatic carbocycles. The molecular formula is C13H12BrNO2. The number of aromatic nitrogens is 1. The molecule has 1 aromatic heterocycles. The number of hydrogen-bond acceptors (Lipinski definition) is 2. The maximum atomic E-state index is 10.5. The Bertz CT molecular complexity index is 490. The van der Waals surface area contributed by atoms with E-state index in [0.717, 1.165) is 23.1 Å². The minimum Gasteiger partial charge on any atom is -0.492 e. The van der Waals surface area contributed by atoms with Gasteiger partial charge in [0.2, 0.25) is 0 Å². The molecule has 0 N–H and O–H groups in total. The van der Waals surface area contributed by atoms with Crippen LogP contribution in [-0.2, 0) is 6.54 Å². The Morgan fingerprint density at radius 3 is 2.65 bits per heavy atom. The Balaban J connectivity index is 1.83. The summed E-state index contributed by atoms with van der Waals surface area (Å²) in [5.74, 6) is 0.843. The summed E-state index contributed by atoms with van der Waals surface area (Å²) >= 11 is 3.37. The molecule has 0 aliphatic rings. The van der Waals surface area contributed by atoms with E-state index in [-0.39, 0.29) is 0 Å². The van der Waals surface area contributed by atoms with Gasteiger partial charge in [-0.15, -0.1) is 0 Å². The van der Waals surface area contributed by atoms with Gasteiger partial charge < -0.3 is 9.30 Å². The Morgan fingerprint density at radius 2 is 2.00 bits per heavy atom. The molecular weight excluding hydrogens is 282 g/mol. The number of carbonyl (C=O) groups is 1. The SMILES string of the molecule is O=Cc1ccn(CCOc2ccc(Br)cc2)c1.